The summed E-state index contributed by atoms with van der Waals surface area (Å²) < 4.78 is 0. The molecule has 0 saturated heterocycles. The zero-order valence-electron chi connectivity index (χ0n) is 36.8. The molecule has 65 heavy (non-hydrogen) atoms. The van der Waals surface area contributed by atoms with E-state index in [9.17, 15) is 63.3 Å². The summed E-state index contributed by atoms with van der Waals surface area (Å²) in [6.45, 7) is 5.40. The molecule has 0 spiro atoms. The van der Waals surface area contributed by atoms with Gasteiger partial charge in [0.05, 0.1) is 31.6 Å². The summed E-state index contributed by atoms with van der Waals surface area (Å²) in [5.41, 5.74) is 11.4. The van der Waals surface area contributed by atoms with Crippen LogP contribution in [0.1, 0.15) is 72.4 Å². The molecule has 8 amide bonds. The molecular formula is C38H64N12O15. The largest absolute Gasteiger partial charge is 0.481 e. The molecule has 1 aromatic heterocycles. The number of nitrogens with zero attached hydrogens (tertiary/aromatic N) is 1. The van der Waals surface area contributed by atoms with E-state index in [1.165, 1.54) is 19.4 Å². The van der Waals surface area contributed by atoms with Gasteiger partial charge in [-0.3, -0.25) is 47.9 Å². The SMILES string of the molecule is CC[C@H](C)[C@H](NC(=O)[C@@H](NC(=O)[C@H](CCCCN)NC(=O)[C@H](CC(=O)O)NC(=O)[C@H](Cc1cnc[nH]1)NC(=O)[C@H](C)NC(=O)[C@@H](N)CO)[C@@H](C)O)C(=O)N[C@H](C(=O)NCC(=O)O)[C@@H](C)O. The lowest BCUT2D eigenvalue weighted by molar-refractivity contribution is -0.142. The summed E-state index contributed by atoms with van der Waals surface area (Å²) in [5, 5.41) is 67.0. The number of nitrogens with two attached hydrogens (primary N) is 2. The van der Waals surface area contributed by atoms with Crippen LogP contribution in [0.15, 0.2) is 12.5 Å². The standard InChI is InChI=1S/C38H64N12O15/c1-6-17(2)28(37(64)50-29(19(4)52)36(63)42-14-27(56)57)48-38(65)30(20(5)53)49-33(60)23(9-7-8-10-39)45-35(62)25(12-26(54)55)47-34(61)24(11-21-13-41-16-43-21)46-31(58)18(3)44-32(59)22(40)15-51/h13,16-20,22-25,28-30,51-53H,6-12,14-15,39-40H2,1-5H3,(H,41,43)(H,42,63)(H,44,59)(H,45,62)(H,46,58)(H,47,61)(H,48,65)(H,49,60)(H,50,64)(H,54,55)(H,56,57)/t17-,18-,19+,20+,22-,23-,24-,25-,28-,29-,30-/m0/s1. The number of imidazole rings is 1. The van der Waals surface area contributed by atoms with E-state index in [0.717, 1.165) is 13.8 Å². The van der Waals surface area contributed by atoms with Gasteiger partial charge in [0, 0.05) is 18.3 Å². The number of carbonyl (C=O) groups excluding carboxylic acids is 8. The third-order valence-electron chi connectivity index (χ3n) is 9.82. The molecule has 1 heterocycles. The van der Waals surface area contributed by atoms with E-state index in [1.807, 2.05) is 5.32 Å². The van der Waals surface area contributed by atoms with Crippen LogP contribution in [0.3, 0.4) is 0 Å². The first-order valence-corrected chi connectivity index (χ1v) is 20.7. The molecule has 1 aromatic rings. The average Bonchev–Trinajstić information content (AvgIpc) is 3.76. The maximum atomic E-state index is 13.8. The van der Waals surface area contributed by atoms with Crippen molar-refractivity contribution in [3.8, 4) is 0 Å². The van der Waals surface area contributed by atoms with Crippen LogP contribution in [0.2, 0.25) is 0 Å². The van der Waals surface area contributed by atoms with Crippen molar-refractivity contribution >= 4 is 59.2 Å². The van der Waals surface area contributed by atoms with Gasteiger partial charge < -0.3 is 84.5 Å². The third kappa shape index (κ3) is 20.0. The van der Waals surface area contributed by atoms with Crippen LogP contribution in [0, 0.1) is 5.92 Å². The number of unbranched alkanes of at least 4 members (excludes halogenated alkanes) is 1. The molecule has 366 valence electrons. The molecular weight excluding hydrogens is 864 g/mol. The van der Waals surface area contributed by atoms with Gasteiger partial charge in [0.15, 0.2) is 0 Å². The second-order valence-electron chi connectivity index (χ2n) is 15.3. The summed E-state index contributed by atoms with van der Waals surface area (Å²) in [6, 6.07) is -12.5. The number of hydrogen-bond donors (Lipinski definition) is 16. The highest BCUT2D eigenvalue weighted by atomic mass is 16.4. The molecule has 11 atom stereocenters. The van der Waals surface area contributed by atoms with Crippen molar-refractivity contribution in [2.45, 2.75) is 134 Å². The molecule has 0 aliphatic carbocycles. The fourth-order valence-electron chi connectivity index (χ4n) is 5.81. The molecule has 18 N–H and O–H groups in total. The Morgan fingerprint density at radius 3 is 1.71 bits per heavy atom. The quantitative estimate of drug-likeness (QED) is 0.0319. The number of H-pyrrole nitrogens is 1. The van der Waals surface area contributed by atoms with Crippen LogP contribution in [0.4, 0.5) is 0 Å². The van der Waals surface area contributed by atoms with Crippen molar-refractivity contribution in [3.05, 3.63) is 18.2 Å². The van der Waals surface area contributed by atoms with Gasteiger partial charge in [-0.2, -0.15) is 0 Å². The van der Waals surface area contributed by atoms with Crippen LogP contribution < -0.4 is 54.0 Å². The van der Waals surface area contributed by atoms with Crippen LogP contribution in [0.5, 0.6) is 0 Å². The number of amides is 8. The van der Waals surface area contributed by atoms with Crippen molar-refractivity contribution in [1.29, 1.82) is 0 Å². The fourth-order valence-corrected chi connectivity index (χ4v) is 5.81. The molecule has 27 nitrogen and oxygen atoms in total. The summed E-state index contributed by atoms with van der Waals surface area (Å²) in [5.74, 6) is -11.8. The highest BCUT2D eigenvalue weighted by molar-refractivity contribution is 5.99. The van der Waals surface area contributed by atoms with E-state index in [0.29, 0.717) is 12.1 Å². The molecule has 1 rings (SSSR count). The molecule has 0 radical (unpaired) electrons. The zero-order chi connectivity index (χ0) is 49.6. The monoisotopic (exact) mass is 928 g/mol. The number of carbonyl (C=O) groups is 10. The number of rotatable bonds is 30. The molecule has 0 unspecified atom stereocenters. The van der Waals surface area contributed by atoms with Crippen LogP contribution in [0.25, 0.3) is 0 Å². The number of nitrogens with one attached hydrogen (secondary N) is 9. The van der Waals surface area contributed by atoms with Crippen molar-refractivity contribution in [1.82, 2.24) is 52.5 Å². The second-order valence-corrected chi connectivity index (χ2v) is 15.3. The first-order chi connectivity index (χ1) is 30.5. The topological polar surface area (TPSA) is 449 Å². The van der Waals surface area contributed by atoms with Gasteiger partial charge in [-0.05, 0) is 52.5 Å². The number of carboxylic acid groups (broad SMARTS) is 2. The van der Waals surface area contributed by atoms with Gasteiger partial charge in [-0.15, -0.1) is 0 Å². The molecule has 0 bridgehead atoms. The molecule has 0 saturated carbocycles. The lowest BCUT2D eigenvalue weighted by atomic mass is 9.96. The number of aromatic nitrogens is 2. The van der Waals surface area contributed by atoms with E-state index in [2.05, 4.69) is 47.2 Å². The van der Waals surface area contributed by atoms with Crippen LogP contribution in [-0.4, -0.2) is 175 Å². The molecule has 0 fully saturated rings. The molecule has 27 heteroatoms. The van der Waals surface area contributed by atoms with Gasteiger partial charge in [0.2, 0.25) is 47.3 Å². The second kappa shape index (κ2) is 28.5. The van der Waals surface area contributed by atoms with Crippen molar-refractivity contribution in [2.24, 2.45) is 17.4 Å². The van der Waals surface area contributed by atoms with Crippen molar-refractivity contribution in [3.63, 3.8) is 0 Å². The van der Waals surface area contributed by atoms with Gasteiger partial charge in [-0.25, -0.2) is 4.98 Å². The van der Waals surface area contributed by atoms with E-state index in [1.54, 1.807) is 13.8 Å². The van der Waals surface area contributed by atoms with Gasteiger partial charge in [0.25, 0.3) is 0 Å². The average molecular weight is 929 g/mol. The minimum absolute atomic E-state index is 0.151. The Bertz CT molecular complexity index is 1780. The van der Waals surface area contributed by atoms with Gasteiger partial charge in [0.1, 0.15) is 54.9 Å². The van der Waals surface area contributed by atoms with Crippen LogP contribution >= 0.6 is 0 Å². The number of aliphatic hydroxyl groups is 3. The summed E-state index contributed by atoms with van der Waals surface area (Å²) in [7, 11) is 0. The Labute approximate surface area is 373 Å². The fraction of sp³-hybridized carbons (Fsp3) is 0.658. The number of aliphatic carboxylic acids is 2. The predicted octanol–water partition coefficient (Wildman–Crippen LogP) is -6.70. The smallest absolute Gasteiger partial charge is 0.322 e. The van der Waals surface area contributed by atoms with Crippen LogP contribution in [-0.2, 0) is 54.4 Å². The Kier molecular flexibility index (Phi) is 24.9. The van der Waals surface area contributed by atoms with E-state index < -0.39 is 145 Å². The molecule has 0 aliphatic heterocycles. The molecule has 0 aromatic carbocycles. The maximum absolute atomic E-state index is 13.8. The summed E-state index contributed by atoms with van der Waals surface area (Å²) in [6.07, 6.45) is -1.20. The Balaban J connectivity index is 3.39. The summed E-state index contributed by atoms with van der Waals surface area (Å²) >= 11 is 0. The first kappa shape index (κ1) is 56.7. The van der Waals surface area contributed by atoms with Crippen molar-refractivity contribution < 1.29 is 73.5 Å². The number of carboxylic acids is 2. The van der Waals surface area contributed by atoms with E-state index >= 15 is 0 Å². The zero-order valence-corrected chi connectivity index (χ0v) is 36.8. The first-order valence-electron chi connectivity index (χ1n) is 20.7. The number of aromatic amines is 1. The van der Waals surface area contributed by atoms with Crippen molar-refractivity contribution in [2.75, 3.05) is 19.7 Å². The number of aliphatic hydroxyl groups excluding tert-OH is 3. The Hall–Kier alpha value is -6.29. The van der Waals surface area contributed by atoms with E-state index in [4.69, 9.17) is 21.7 Å². The highest BCUT2D eigenvalue weighted by Crippen LogP contribution is 2.12. The maximum Gasteiger partial charge on any atom is 0.322 e. The minimum atomic E-state index is -1.88. The number of hydrogen-bond acceptors (Lipinski definition) is 16. The Morgan fingerprint density at radius 1 is 0.662 bits per heavy atom. The third-order valence-corrected chi connectivity index (χ3v) is 9.82. The minimum Gasteiger partial charge on any atom is -0.481 e. The normalized spacial score (nSPS) is 16.2. The lowest BCUT2D eigenvalue weighted by Crippen LogP contribution is -2.63. The predicted molar refractivity (Wildman–Crippen MR) is 225 cm³/mol. The molecule has 0 aliphatic rings. The Morgan fingerprint density at radius 2 is 1.18 bits per heavy atom. The van der Waals surface area contributed by atoms with E-state index in [-0.39, 0.29) is 32.2 Å². The lowest BCUT2D eigenvalue weighted by Gasteiger charge is -2.30. The van der Waals surface area contributed by atoms with Gasteiger partial charge in [-0.1, -0.05) is 20.3 Å². The summed E-state index contributed by atoms with van der Waals surface area (Å²) in [4.78, 5) is 136. The van der Waals surface area contributed by atoms with Gasteiger partial charge >= 0.3 is 11.9 Å². The highest BCUT2D eigenvalue weighted by Gasteiger charge is 2.37.